The number of aliphatic hydroxyl groups excluding tert-OH is 1. The summed E-state index contributed by atoms with van der Waals surface area (Å²) in [5.74, 6) is -0.779. The third kappa shape index (κ3) is 24.1. The molecule has 1 aliphatic carbocycles. The molecule has 128 heavy (non-hydrogen) atoms. The summed E-state index contributed by atoms with van der Waals surface area (Å²) in [5.41, 5.74) is 21.6. The number of oxazole rings is 1. The predicted octanol–water partition coefficient (Wildman–Crippen LogP) is 10.7. The fraction of sp³-hybridized carbons (Fsp3) is 0.568. The Bertz CT molecular complexity index is 5130. The molecule has 7 aromatic rings. The molecule has 11 heterocycles. The number of esters is 1. The lowest BCUT2D eigenvalue weighted by Gasteiger charge is -2.38. The predicted molar refractivity (Wildman–Crippen MR) is 489 cm³/mol. The summed E-state index contributed by atoms with van der Waals surface area (Å²) in [6.07, 6.45) is 26.6. The van der Waals surface area contributed by atoms with Crippen molar-refractivity contribution in [2.24, 2.45) is 29.6 Å². The van der Waals surface area contributed by atoms with E-state index in [0.717, 1.165) is 92.7 Å². The smallest absolute Gasteiger partial charge is 0.329 e. The van der Waals surface area contributed by atoms with Crippen LogP contribution in [0, 0.1) is 29.6 Å². The number of rotatable bonds is 20. The van der Waals surface area contributed by atoms with E-state index >= 15 is 0 Å². The number of thiocarbonyl (C=S) groups is 1. The van der Waals surface area contributed by atoms with E-state index in [1.807, 2.05) is 91.6 Å². The maximum Gasteiger partial charge on any atom is 0.329 e. The standard InChI is InChI=1S/C95H126N18O14S/c1-59-14-10-9-11-15-60(2)80(121-7)48-73-24-17-61(3)86(124-73)85(117)90(119)112-31-13-12-16-76(112)91(120)125-74(49-81(122-8)64(6)45-63(5)78(115)50-77(114)62(4)44-59)27-21-65-19-25-72(26-20-65)126-95(128)102-53-67-51-98-93(99-52-67)110-39-37-108(38-40-110)82(116)30-42-123-43-41-107-33-35-109(36-34-107)94-100-54-71(55-101-94)89(118)111-32-29-68-46-66(18-22-70(68)57-111)56-113-88-83(87(96)103-58-104-88)84(106-113)69-23-28-79-75(47-69)105-92(97)127-79/h9-11,14-15,18,22-23,28,45-47,51-52,54-55,58-59,61-62,64-65,72-74,76,78,80-81,86,115H,12-13,16-17,19-21,24-27,29-44,48-50,53,56-57H2,1-8H3,(H2,97,105)(H,102,128)(H2,96,103,104)/b11-9?,14-10+,60-15?,63-45+/t59-,61-,62-,64-,65?,72?,73?,74-,76+,78+,80+,81-,86?/m1/s1. The van der Waals surface area contributed by atoms with Crippen molar-refractivity contribution in [2.45, 2.75) is 219 Å². The third-order valence-corrected chi connectivity index (χ3v) is 26.9. The number of ketones is 2. The number of nitrogens with zero attached hydrogens (tertiary/aromatic N) is 15. The van der Waals surface area contributed by atoms with Crippen molar-refractivity contribution < 1.29 is 66.7 Å². The number of cyclic esters (lactones) is 1. The molecule has 14 rings (SSSR count). The van der Waals surface area contributed by atoms with Crippen LogP contribution in [0.25, 0.3) is 33.4 Å². The normalized spacial score (nSPS) is 26.3. The lowest BCUT2D eigenvalue weighted by Crippen LogP contribution is -2.55. The van der Waals surface area contributed by atoms with Crippen LogP contribution in [0.1, 0.15) is 177 Å². The van der Waals surface area contributed by atoms with Gasteiger partial charge in [-0.05, 0) is 173 Å². The van der Waals surface area contributed by atoms with Gasteiger partial charge in [0.1, 0.15) is 53.5 Å². The molecule has 7 aliphatic rings. The van der Waals surface area contributed by atoms with Gasteiger partial charge in [0.15, 0.2) is 11.2 Å². The number of allylic oxidation sites excluding steroid dienone is 5. The van der Waals surface area contributed by atoms with Crippen molar-refractivity contribution >= 4 is 98.5 Å². The Morgan fingerprint density at radius 3 is 2.23 bits per heavy atom. The molecule has 5 aromatic heterocycles. The van der Waals surface area contributed by atoms with Crippen LogP contribution in [0.3, 0.4) is 0 Å². The number of methoxy groups -OCH3 is 2. The number of hydrogen-bond donors (Lipinski definition) is 4. The average Bonchev–Trinajstić information content (AvgIpc) is 1.61. The molecular formula is C95H126N18O14S. The Labute approximate surface area is 754 Å². The molecule has 6 aliphatic heterocycles. The fourth-order valence-electron chi connectivity index (χ4n) is 18.9. The molecule has 2 bridgehead atoms. The van der Waals surface area contributed by atoms with Gasteiger partial charge in [-0.2, -0.15) is 10.1 Å². The SMILES string of the molecule is CO[C@H]1CC2CC[C@@H](C)C(O2)C(=O)C(=O)N2CCCC[C@H]2C(=O)O[C@H](CCC2CCC(OC(=S)NCc3cnc(N4CCN(C(=O)CCOCCN5CCN(c6ncc(C(=O)N7CCc8cc(Cn9nc(-c%10ccc%11oc(N)nc%11c%10)c%10c(N)ncnc%109)ccc8C7)cn6)CC5)CC4)nc3)CC2)C[C@@H](OC)[C@H](C)/C=C(\C)[C@@H](O)CC(=O)[C@H](C)C[C@H](C)/C=C/C=CC=C1C. The zero-order valence-electron chi connectivity index (χ0n) is 75.2. The van der Waals surface area contributed by atoms with Gasteiger partial charge in [-0.3, -0.25) is 28.9 Å². The number of benzene rings is 2. The number of amides is 3. The molecule has 0 radical (unpaired) electrons. The number of hydrogen-bond acceptors (Lipinski definition) is 28. The monoisotopic (exact) mass is 1770 g/mol. The summed E-state index contributed by atoms with van der Waals surface area (Å²) in [5, 5.41) is 20.6. The van der Waals surface area contributed by atoms with Crippen molar-refractivity contribution in [3.8, 4) is 11.3 Å². The number of carbonyl (C=O) groups excluding carboxylic acids is 6. The third-order valence-electron chi connectivity index (χ3n) is 26.7. The number of nitrogen functional groups attached to an aromatic ring is 2. The molecule has 11 atom stereocenters. The van der Waals surface area contributed by atoms with Gasteiger partial charge in [0, 0.05) is 166 Å². The molecule has 4 saturated heterocycles. The Balaban J connectivity index is 0.480. The van der Waals surface area contributed by atoms with Gasteiger partial charge < -0.3 is 79.2 Å². The van der Waals surface area contributed by atoms with Gasteiger partial charge in [-0.1, -0.05) is 82.4 Å². The van der Waals surface area contributed by atoms with Gasteiger partial charge in [-0.15, -0.1) is 0 Å². The molecule has 0 spiro atoms. The van der Waals surface area contributed by atoms with Gasteiger partial charge >= 0.3 is 5.97 Å². The van der Waals surface area contributed by atoms with E-state index in [1.165, 1.54) is 16.8 Å². The summed E-state index contributed by atoms with van der Waals surface area (Å²) in [4.78, 5) is 128. The molecule has 686 valence electrons. The van der Waals surface area contributed by atoms with Crippen molar-refractivity contribution in [2.75, 3.05) is 121 Å². The van der Waals surface area contributed by atoms with Crippen molar-refractivity contribution in [3.05, 3.63) is 143 Å². The highest BCUT2D eigenvalue weighted by Gasteiger charge is 2.44. The topological polar surface area (TPSA) is 383 Å². The van der Waals surface area contributed by atoms with Gasteiger partial charge in [0.2, 0.25) is 23.6 Å². The first-order chi connectivity index (χ1) is 61.9. The molecule has 33 heteroatoms. The van der Waals surface area contributed by atoms with Crippen LogP contribution in [0.2, 0.25) is 0 Å². The Morgan fingerprint density at radius 2 is 1.48 bits per heavy atom. The van der Waals surface area contributed by atoms with Crippen LogP contribution in [0.5, 0.6) is 0 Å². The fourth-order valence-corrected chi connectivity index (χ4v) is 19.1. The quantitative estimate of drug-likeness (QED) is 0.0181. The highest BCUT2D eigenvalue weighted by molar-refractivity contribution is 7.80. The van der Waals surface area contributed by atoms with Crippen LogP contribution in [-0.2, 0) is 78.4 Å². The van der Waals surface area contributed by atoms with E-state index in [1.54, 1.807) is 45.1 Å². The van der Waals surface area contributed by atoms with Gasteiger partial charge in [0.05, 0.1) is 61.5 Å². The lowest BCUT2D eigenvalue weighted by molar-refractivity contribution is -0.169. The second kappa shape index (κ2) is 44.2. The number of anilines is 4. The molecule has 1 saturated carbocycles. The Hall–Kier alpha value is -10.6. The maximum absolute atomic E-state index is 14.7. The number of aliphatic hydroxyl groups is 1. The summed E-state index contributed by atoms with van der Waals surface area (Å²) in [7, 11) is 3.28. The van der Waals surface area contributed by atoms with Crippen LogP contribution in [-0.4, -0.2) is 258 Å². The highest BCUT2D eigenvalue weighted by Crippen LogP contribution is 2.38. The van der Waals surface area contributed by atoms with Crippen LogP contribution in [0.15, 0.2) is 120 Å². The van der Waals surface area contributed by atoms with E-state index in [0.29, 0.717) is 204 Å². The molecule has 5 fully saturated rings. The zero-order valence-corrected chi connectivity index (χ0v) is 76.0. The second-order valence-corrected chi connectivity index (χ2v) is 36.2. The van der Waals surface area contributed by atoms with E-state index < -0.39 is 48.1 Å². The van der Waals surface area contributed by atoms with E-state index in [4.69, 9.17) is 61.6 Å². The molecular weight excluding hydrogens is 1650 g/mol. The Morgan fingerprint density at radius 1 is 0.727 bits per heavy atom. The van der Waals surface area contributed by atoms with E-state index in [-0.39, 0.29) is 78.6 Å². The number of piperazine rings is 2. The van der Waals surface area contributed by atoms with Gasteiger partial charge in [0.25, 0.3) is 23.0 Å². The Kier molecular flexibility index (Phi) is 32.3. The molecule has 3 amide bonds. The minimum atomic E-state index is -0.985. The molecule has 2 unspecified atom stereocenters. The number of nitrogens with two attached hydrogens (primary N) is 2. The number of nitrogens with one attached hydrogen (secondary N) is 1. The number of aromatic nitrogens is 9. The molecule has 6 N–H and O–H groups in total. The minimum absolute atomic E-state index is 0.0119. The summed E-state index contributed by atoms with van der Waals surface area (Å²) < 4.78 is 44.8. The van der Waals surface area contributed by atoms with Gasteiger partial charge in [-0.25, -0.2) is 39.4 Å². The molecule has 2 aromatic carbocycles. The van der Waals surface area contributed by atoms with Crippen LogP contribution in [0.4, 0.5) is 23.7 Å². The first-order valence-corrected chi connectivity index (χ1v) is 46.2. The second-order valence-electron chi connectivity index (χ2n) is 35.9. The highest BCUT2D eigenvalue weighted by atomic mass is 32.1. The number of Topliss-reactive ketones (excluding diaryl/α,β-unsaturated/α-hetero) is 2. The average molecular weight is 1780 g/mol. The number of fused-ring (bicyclic) bond motifs is 6. The zero-order chi connectivity index (χ0) is 90.1. The first kappa shape index (κ1) is 93.6. The first-order valence-electron chi connectivity index (χ1n) is 45.7. The maximum atomic E-state index is 14.7. The largest absolute Gasteiger partial charge is 0.468 e. The number of carbonyl (C=O) groups is 6. The minimum Gasteiger partial charge on any atom is -0.468 e. The summed E-state index contributed by atoms with van der Waals surface area (Å²) >= 11 is 5.72. The van der Waals surface area contributed by atoms with E-state index in [9.17, 15) is 33.9 Å². The van der Waals surface area contributed by atoms with Crippen LogP contribution >= 0.6 is 12.2 Å². The lowest BCUT2D eigenvalue weighted by atomic mass is 9.83. The summed E-state index contributed by atoms with van der Waals surface area (Å²) in [6, 6.07) is 11.0. The van der Waals surface area contributed by atoms with Crippen molar-refractivity contribution in [3.63, 3.8) is 0 Å². The summed E-state index contributed by atoms with van der Waals surface area (Å²) in [6.45, 7) is 20.8. The number of ether oxygens (including phenoxy) is 6. The number of piperidine rings is 1. The van der Waals surface area contributed by atoms with E-state index in [2.05, 4.69) is 86.1 Å². The van der Waals surface area contributed by atoms with Crippen molar-refractivity contribution in [1.82, 2.24) is 69.6 Å². The van der Waals surface area contributed by atoms with Crippen LogP contribution < -0.4 is 26.6 Å². The van der Waals surface area contributed by atoms with Crippen molar-refractivity contribution in [1.29, 1.82) is 0 Å². The molecule has 32 nitrogen and oxygen atoms in total.